The molecule has 190 valence electrons. The molecular weight excluding hydrogens is 494 g/mol. The molecule has 7 nitrogen and oxygen atoms in total. The fourth-order valence-electron chi connectivity index (χ4n) is 4.19. The maximum atomic E-state index is 12.8. The van der Waals surface area contributed by atoms with Gasteiger partial charge in [-0.3, -0.25) is 4.79 Å². The number of halogens is 1. The van der Waals surface area contributed by atoms with Gasteiger partial charge in [-0.1, -0.05) is 54.1 Å². The molecule has 2 N–H and O–H groups in total. The molecule has 1 amide bonds. The second kappa shape index (κ2) is 11.3. The van der Waals surface area contributed by atoms with Gasteiger partial charge >= 0.3 is 11.6 Å². The van der Waals surface area contributed by atoms with Crippen LogP contribution in [0.4, 0.5) is 0 Å². The number of ether oxygens (including phenoxy) is 1. The summed E-state index contributed by atoms with van der Waals surface area (Å²) < 4.78 is 11.5. The van der Waals surface area contributed by atoms with Crippen molar-refractivity contribution in [2.24, 2.45) is 0 Å². The largest absolute Gasteiger partial charge is 0.483 e. The summed E-state index contributed by atoms with van der Waals surface area (Å²) in [7, 11) is 0. The average molecular weight is 520 g/mol. The van der Waals surface area contributed by atoms with Crippen LogP contribution >= 0.6 is 11.6 Å². The van der Waals surface area contributed by atoms with E-state index in [0.717, 1.165) is 16.7 Å². The first kappa shape index (κ1) is 26.0. The summed E-state index contributed by atoms with van der Waals surface area (Å²) in [6.07, 6.45) is 0.489. The van der Waals surface area contributed by atoms with Crippen molar-refractivity contribution >= 4 is 34.4 Å². The van der Waals surface area contributed by atoms with E-state index in [1.807, 2.05) is 44.2 Å². The Labute approximate surface area is 218 Å². The van der Waals surface area contributed by atoms with Gasteiger partial charge in [0.05, 0.1) is 5.39 Å². The van der Waals surface area contributed by atoms with Crippen LogP contribution in [0.3, 0.4) is 0 Å². The van der Waals surface area contributed by atoms with Gasteiger partial charge in [0, 0.05) is 23.4 Å². The fourth-order valence-corrected chi connectivity index (χ4v) is 4.32. The quantitative estimate of drug-likeness (QED) is 0.306. The first-order chi connectivity index (χ1) is 17.7. The third-order valence-corrected chi connectivity index (χ3v) is 6.31. The topological polar surface area (TPSA) is 106 Å². The van der Waals surface area contributed by atoms with Crippen molar-refractivity contribution in [2.45, 2.75) is 32.7 Å². The third kappa shape index (κ3) is 6.37. The minimum Gasteiger partial charge on any atom is -0.483 e. The zero-order valence-electron chi connectivity index (χ0n) is 20.4. The number of aryl methyl sites for hydroxylation is 2. The van der Waals surface area contributed by atoms with Gasteiger partial charge in [-0.15, -0.1) is 0 Å². The first-order valence-corrected chi connectivity index (χ1v) is 12.1. The van der Waals surface area contributed by atoms with Crippen molar-refractivity contribution < 1.29 is 23.8 Å². The second-order valence-corrected chi connectivity index (χ2v) is 9.31. The molecule has 1 aromatic heterocycles. The molecule has 1 atom stereocenters. The second-order valence-electron chi connectivity index (χ2n) is 8.87. The van der Waals surface area contributed by atoms with Crippen molar-refractivity contribution in [2.75, 3.05) is 6.61 Å². The molecule has 0 aliphatic carbocycles. The number of carboxylic acid groups (broad SMARTS) is 1. The predicted molar refractivity (Wildman–Crippen MR) is 141 cm³/mol. The summed E-state index contributed by atoms with van der Waals surface area (Å²) >= 11 is 5.89. The standard InChI is InChI=1S/C29H26ClNO6/c1-17-12-24(36-16-26(32)31-23(28(33)34)15-20-8-10-21(30)11-9-20)27-18(2)22(29(35)37-25(27)13-17)14-19-6-4-3-5-7-19/h3-13,23H,14-16H2,1-2H3,(H,31,32)(H,33,34). The van der Waals surface area contributed by atoms with Crippen molar-refractivity contribution in [3.05, 3.63) is 110 Å². The molecule has 37 heavy (non-hydrogen) atoms. The highest BCUT2D eigenvalue weighted by Gasteiger charge is 2.22. The normalized spacial score (nSPS) is 11.8. The van der Waals surface area contributed by atoms with E-state index in [9.17, 15) is 19.5 Å². The zero-order chi connectivity index (χ0) is 26.5. The lowest BCUT2D eigenvalue weighted by Crippen LogP contribution is -2.44. The predicted octanol–water partition coefficient (Wildman–Crippen LogP) is 4.84. The molecule has 4 aromatic rings. The van der Waals surface area contributed by atoms with E-state index >= 15 is 0 Å². The summed E-state index contributed by atoms with van der Waals surface area (Å²) in [5, 5.41) is 13.2. The monoisotopic (exact) mass is 519 g/mol. The number of aliphatic carboxylic acids is 1. The average Bonchev–Trinajstić information content (AvgIpc) is 2.86. The number of carbonyl (C=O) groups is 2. The first-order valence-electron chi connectivity index (χ1n) is 11.7. The van der Waals surface area contributed by atoms with Crippen LogP contribution in [0, 0.1) is 13.8 Å². The summed E-state index contributed by atoms with van der Waals surface area (Å²) in [4.78, 5) is 37.2. The van der Waals surface area contributed by atoms with Crippen LogP contribution in [0.2, 0.25) is 5.02 Å². The highest BCUT2D eigenvalue weighted by molar-refractivity contribution is 6.30. The van der Waals surface area contributed by atoms with Crippen molar-refractivity contribution in [1.29, 1.82) is 0 Å². The van der Waals surface area contributed by atoms with Crippen LogP contribution in [-0.4, -0.2) is 29.6 Å². The van der Waals surface area contributed by atoms with Crippen LogP contribution in [-0.2, 0) is 22.4 Å². The zero-order valence-corrected chi connectivity index (χ0v) is 21.2. The number of benzene rings is 3. The molecular formula is C29H26ClNO6. The van der Waals surface area contributed by atoms with Crippen molar-refractivity contribution in [3.8, 4) is 5.75 Å². The molecule has 4 rings (SSSR count). The van der Waals surface area contributed by atoms with E-state index in [1.165, 1.54) is 0 Å². The molecule has 0 spiro atoms. The summed E-state index contributed by atoms with van der Waals surface area (Å²) in [5.74, 6) is -1.37. The maximum Gasteiger partial charge on any atom is 0.340 e. The van der Waals surface area contributed by atoms with E-state index in [0.29, 0.717) is 39.3 Å². The lowest BCUT2D eigenvalue weighted by atomic mass is 9.98. The Kier molecular flexibility index (Phi) is 7.94. The van der Waals surface area contributed by atoms with E-state index < -0.39 is 30.2 Å². The molecule has 0 bridgehead atoms. The molecule has 0 aliphatic heterocycles. The Morgan fingerprint density at radius 1 is 1.03 bits per heavy atom. The van der Waals surface area contributed by atoms with E-state index in [-0.39, 0.29) is 6.42 Å². The maximum absolute atomic E-state index is 12.8. The number of fused-ring (bicyclic) bond motifs is 1. The Balaban J connectivity index is 1.55. The van der Waals surface area contributed by atoms with E-state index in [4.69, 9.17) is 20.8 Å². The molecule has 8 heteroatoms. The van der Waals surface area contributed by atoms with Gasteiger partial charge in [0.1, 0.15) is 17.4 Å². The minimum atomic E-state index is -1.16. The number of carboxylic acids is 1. The van der Waals surface area contributed by atoms with Crippen LogP contribution in [0.5, 0.6) is 5.75 Å². The van der Waals surface area contributed by atoms with Gasteiger partial charge < -0.3 is 19.6 Å². The molecule has 0 radical (unpaired) electrons. The van der Waals surface area contributed by atoms with Crippen LogP contribution in [0.1, 0.15) is 27.8 Å². The Morgan fingerprint density at radius 3 is 2.41 bits per heavy atom. The number of rotatable bonds is 9. The molecule has 0 aliphatic rings. The van der Waals surface area contributed by atoms with Gasteiger partial charge in [-0.05, 0) is 60.4 Å². The van der Waals surface area contributed by atoms with Crippen LogP contribution < -0.4 is 15.7 Å². The number of nitrogens with one attached hydrogen (secondary N) is 1. The Hall–Kier alpha value is -4.10. The van der Waals surface area contributed by atoms with Gasteiger partial charge in [0.25, 0.3) is 5.91 Å². The van der Waals surface area contributed by atoms with Crippen LogP contribution in [0.25, 0.3) is 11.0 Å². The number of hydrogen-bond acceptors (Lipinski definition) is 5. The smallest absolute Gasteiger partial charge is 0.340 e. The van der Waals surface area contributed by atoms with Gasteiger partial charge in [-0.25, -0.2) is 9.59 Å². The molecule has 1 heterocycles. The highest BCUT2D eigenvalue weighted by atomic mass is 35.5. The fraction of sp³-hybridized carbons (Fsp3) is 0.207. The Bertz CT molecular complexity index is 1500. The van der Waals surface area contributed by atoms with Crippen molar-refractivity contribution in [1.82, 2.24) is 5.32 Å². The van der Waals surface area contributed by atoms with E-state index in [2.05, 4.69) is 5.32 Å². The molecule has 3 aromatic carbocycles. The number of hydrogen-bond donors (Lipinski definition) is 2. The lowest BCUT2D eigenvalue weighted by Gasteiger charge is -2.17. The van der Waals surface area contributed by atoms with Gasteiger partial charge in [0.15, 0.2) is 6.61 Å². The third-order valence-electron chi connectivity index (χ3n) is 6.06. The highest BCUT2D eigenvalue weighted by Crippen LogP contribution is 2.31. The number of amides is 1. The Morgan fingerprint density at radius 2 is 1.73 bits per heavy atom. The molecule has 0 saturated carbocycles. The minimum absolute atomic E-state index is 0.0960. The summed E-state index contributed by atoms with van der Waals surface area (Å²) in [5.41, 5.74) is 3.62. The summed E-state index contributed by atoms with van der Waals surface area (Å²) in [6, 6.07) is 18.7. The van der Waals surface area contributed by atoms with Crippen molar-refractivity contribution in [3.63, 3.8) is 0 Å². The van der Waals surface area contributed by atoms with Gasteiger partial charge in [-0.2, -0.15) is 0 Å². The SMILES string of the molecule is Cc1cc(OCC(=O)NC(Cc2ccc(Cl)cc2)C(=O)O)c2c(C)c(Cc3ccccc3)c(=O)oc2c1. The lowest BCUT2D eigenvalue weighted by molar-refractivity contribution is -0.142. The van der Waals surface area contributed by atoms with Gasteiger partial charge in [0.2, 0.25) is 0 Å². The number of carbonyl (C=O) groups excluding carboxylic acids is 1. The molecule has 0 saturated heterocycles. The van der Waals surface area contributed by atoms with Crippen LogP contribution in [0.15, 0.2) is 75.9 Å². The molecule has 1 unspecified atom stereocenters. The molecule has 0 fully saturated rings. The van der Waals surface area contributed by atoms with E-state index in [1.54, 1.807) is 36.4 Å². The summed E-state index contributed by atoms with van der Waals surface area (Å²) in [6.45, 7) is 3.24.